The molecule has 1 heterocycles. The molecule has 8 nitrogen and oxygen atoms in total. The van der Waals surface area contributed by atoms with Crippen molar-refractivity contribution in [1.29, 1.82) is 0 Å². The number of carbonyl (C=O) groups excluding carboxylic acids is 2. The van der Waals surface area contributed by atoms with Crippen molar-refractivity contribution >= 4 is 22.9 Å². The number of carbonyl (C=O) groups is 2. The SMILES string of the molecule is CCOC(=O)c1oc2cc(OC(=O)CCC3CCCC3)ccc2c(=O)c1-c1ccc(OC)c(OC)c1. The molecule has 0 radical (unpaired) electrons. The number of hydrogen-bond donors (Lipinski definition) is 0. The molecule has 0 spiro atoms. The molecule has 0 bridgehead atoms. The first-order valence-corrected chi connectivity index (χ1v) is 12.2. The van der Waals surface area contributed by atoms with Crippen molar-refractivity contribution in [3.8, 4) is 28.4 Å². The largest absolute Gasteiger partial charge is 0.493 e. The first-order chi connectivity index (χ1) is 17.4. The van der Waals surface area contributed by atoms with E-state index in [-0.39, 0.29) is 40.6 Å². The number of ether oxygens (including phenoxy) is 4. The summed E-state index contributed by atoms with van der Waals surface area (Å²) in [6.45, 7) is 1.76. The third kappa shape index (κ3) is 5.37. The Balaban J connectivity index is 1.71. The zero-order valence-corrected chi connectivity index (χ0v) is 20.8. The van der Waals surface area contributed by atoms with Gasteiger partial charge in [0.1, 0.15) is 11.3 Å². The van der Waals surface area contributed by atoms with E-state index in [1.807, 2.05) is 0 Å². The van der Waals surface area contributed by atoms with Gasteiger partial charge in [0.05, 0.1) is 31.8 Å². The molecule has 36 heavy (non-hydrogen) atoms. The van der Waals surface area contributed by atoms with E-state index in [2.05, 4.69) is 0 Å². The number of fused-ring (bicyclic) bond motifs is 1. The Bertz CT molecular complexity index is 1320. The summed E-state index contributed by atoms with van der Waals surface area (Å²) in [5, 5.41) is 0.235. The van der Waals surface area contributed by atoms with Crippen LogP contribution in [-0.2, 0) is 9.53 Å². The van der Waals surface area contributed by atoms with E-state index in [1.165, 1.54) is 39.2 Å². The monoisotopic (exact) mass is 494 g/mol. The molecule has 0 aliphatic heterocycles. The Morgan fingerprint density at radius 2 is 1.75 bits per heavy atom. The zero-order chi connectivity index (χ0) is 25.7. The molecule has 0 saturated heterocycles. The smallest absolute Gasteiger partial charge is 0.375 e. The first kappa shape index (κ1) is 25.3. The van der Waals surface area contributed by atoms with Gasteiger partial charge < -0.3 is 23.4 Å². The molecule has 1 fully saturated rings. The Morgan fingerprint density at radius 3 is 2.44 bits per heavy atom. The second-order valence-electron chi connectivity index (χ2n) is 8.75. The highest BCUT2D eigenvalue weighted by Gasteiger charge is 2.25. The molecule has 4 rings (SSSR count). The molecule has 0 N–H and O–H groups in total. The maximum Gasteiger partial charge on any atom is 0.375 e. The van der Waals surface area contributed by atoms with Gasteiger partial charge in [0.15, 0.2) is 11.5 Å². The van der Waals surface area contributed by atoms with Gasteiger partial charge in [-0.05, 0) is 49.1 Å². The van der Waals surface area contributed by atoms with Crippen LogP contribution in [0.1, 0.15) is 56.0 Å². The van der Waals surface area contributed by atoms with Gasteiger partial charge in [-0.1, -0.05) is 31.7 Å². The van der Waals surface area contributed by atoms with Gasteiger partial charge in [-0.15, -0.1) is 0 Å². The van der Waals surface area contributed by atoms with Crippen LogP contribution in [0.3, 0.4) is 0 Å². The highest BCUT2D eigenvalue weighted by molar-refractivity contribution is 5.98. The Hall–Kier alpha value is -3.81. The van der Waals surface area contributed by atoms with Gasteiger partial charge >= 0.3 is 11.9 Å². The third-order valence-corrected chi connectivity index (χ3v) is 6.46. The normalized spacial score (nSPS) is 13.5. The Kier molecular flexibility index (Phi) is 7.93. The molecule has 2 aromatic carbocycles. The molecular formula is C28H30O8. The van der Waals surface area contributed by atoms with Crippen LogP contribution >= 0.6 is 0 Å². The van der Waals surface area contributed by atoms with Gasteiger partial charge in [-0.3, -0.25) is 9.59 Å². The summed E-state index contributed by atoms with van der Waals surface area (Å²) in [7, 11) is 2.98. The lowest BCUT2D eigenvalue weighted by Crippen LogP contribution is -2.15. The van der Waals surface area contributed by atoms with Crippen LogP contribution in [0.5, 0.6) is 17.2 Å². The lowest BCUT2D eigenvalue weighted by Gasteiger charge is -2.13. The highest BCUT2D eigenvalue weighted by atomic mass is 16.5. The van der Waals surface area contributed by atoms with Crippen LogP contribution < -0.4 is 19.6 Å². The van der Waals surface area contributed by atoms with Crippen molar-refractivity contribution in [2.75, 3.05) is 20.8 Å². The molecule has 1 aromatic heterocycles. The molecular weight excluding hydrogens is 464 g/mol. The average molecular weight is 495 g/mol. The van der Waals surface area contributed by atoms with Crippen molar-refractivity contribution in [3.63, 3.8) is 0 Å². The molecule has 1 aliphatic carbocycles. The van der Waals surface area contributed by atoms with E-state index in [0.717, 1.165) is 19.3 Å². The number of benzene rings is 2. The molecule has 8 heteroatoms. The minimum absolute atomic E-state index is 0.0446. The summed E-state index contributed by atoms with van der Waals surface area (Å²) in [6.07, 6.45) is 5.90. The number of hydrogen-bond acceptors (Lipinski definition) is 8. The summed E-state index contributed by atoms with van der Waals surface area (Å²) < 4.78 is 27.2. The first-order valence-electron chi connectivity index (χ1n) is 12.2. The summed E-state index contributed by atoms with van der Waals surface area (Å²) in [4.78, 5) is 38.7. The molecule has 0 amide bonds. The second kappa shape index (κ2) is 11.3. The lowest BCUT2D eigenvalue weighted by atomic mass is 10.0. The number of esters is 2. The molecule has 0 atom stereocenters. The molecule has 0 unspecified atom stereocenters. The van der Waals surface area contributed by atoms with E-state index >= 15 is 0 Å². The van der Waals surface area contributed by atoms with Crippen molar-refractivity contribution < 1.29 is 33.0 Å². The van der Waals surface area contributed by atoms with Crippen molar-refractivity contribution in [2.24, 2.45) is 5.92 Å². The topological polar surface area (TPSA) is 101 Å². The van der Waals surface area contributed by atoms with Crippen LogP contribution in [-0.4, -0.2) is 32.8 Å². The fraction of sp³-hybridized carbons (Fsp3) is 0.393. The van der Waals surface area contributed by atoms with Crippen molar-refractivity contribution in [1.82, 2.24) is 0 Å². The number of rotatable bonds is 9. The van der Waals surface area contributed by atoms with Crippen LogP contribution in [0.25, 0.3) is 22.1 Å². The van der Waals surface area contributed by atoms with E-state index in [0.29, 0.717) is 29.4 Å². The van der Waals surface area contributed by atoms with E-state index in [9.17, 15) is 14.4 Å². The van der Waals surface area contributed by atoms with Gasteiger partial charge in [0.25, 0.3) is 0 Å². The molecule has 1 aliphatic rings. The minimum Gasteiger partial charge on any atom is -0.493 e. The standard InChI is InChI=1S/C28H30O8/c1-4-34-28(31)27-25(18-10-13-21(32-2)23(15-18)33-3)26(30)20-12-11-19(16-22(20)36-27)35-24(29)14-9-17-7-5-6-8-17/h10-13,15-17H,4-9,14H2,1-3H3. The van der Waals surface area contributed by atoms with E-state index in [1.54, 1.807) is 31.2 Å². The fourth-order valence-electron chi connectivity index (χ4n) is 4.63. The van der Waals surface area contributed by atoms with Gasteiger partial charge in [-0.25, -0.2) is 4.79 Å². The summed E-state index contributed by atoms with van der Waals surface area (Å²) in [5.74, 6) is 0.334. The summed E-state index contributed by atoms with van der Waals surface area (Å²) >= 11 is 0. The predicted octanol–water partition coefficient (Wildman–Crippen LogP) is 5.53. The van der Waals surface area contributed by atoms with Gasteiger partial charge in [-0.2, -0.15) is 0 Å². The Labute approximate surface area is 209 Å². The average Bonchev–Trinajstić information content (AvgIpc) is 3.41. The quantitative estimate of drug-likeness (QED) is 0.283. The van der Waals surface area contributed by atoms with Gasteiger partial charge in [0.2, 0.25) is 11.2 Å². The molecule has 190 valence electrons. The third-order valence-electron chi connectivity index (χ3n) is 6.46. The second-order valence-corrected chi connectivity index (χ2v) is 8.75. The van der Waals surface area contributed by atoms with Gasteiger partial charge in [0, 0.05) is 12.5 Å². The van der Waals surface area contributed by atoms with E-state index < -0.39 is 11.4 Å². The fourth-order valence-corrected chi connectivity index (χ4v) is 4.63. The highest BCUT2D eigenvalue weighted by Crippen LogP contribution is 2.34. The zero-order valence-electron chi connectivity index (χ0n) is 20.8. The van der Waals surface area contributed by atoms with Crippen LogP contribution in [0.15, 0.2) is 45.6 Å². The van der Waals surface area contributed by atoms with Crippen LogP contribution in [0, 0.1) is 5.92 Å². The van der Waals surface area contributed by atoms with E-state index in [4.69, 9.17) is 23.4 Å². The van der Waals surface area contributed by atoms with Crippen molar-refractivity contribution in [3.05, 3.63) is 52.4 Å². The number of methoxy groups -OCH3 is 2. The molecule has 1 saturated carbocycles. The van der Waals surface area contributed by atoms with Crippen molar-refractivity contribution in [2.45, 2.75) is 45.4 Å². The summed E-state index contributed by atoms with van der Waals surface area (Å²) in [5.41, 5.74) is 0.149. The Morgan fingerprint density at radius 1 is 1.00 bits per heavy atom. The maximum absolute atomic E-state index is 13.5. The minimum atomic E-state index is -0.778. The molecule has 3 aromatic rings. The maximum atomic E-state index is 13.5. The van der Waals surface area contributed by atoms with Crippen LogP contribution in [0.4, 0.5) is 0 Å². The predicted molar refractivity (Wildman–Crippen MR) is 134 cm³/mol. The lowest BCUT2D eigenvalue weighted by molar-refractivity contribution is -0.134. The van der Waals surface area contributed by atoms with Crippen LogP contribution in [0.2, 0.25) is 0 Å². The summed E-state index contributed by atoms with van der Waals surface area (Å²) in [6, 6.07) is 9.41.